The fraction of sp³-hybridized carbons (Fsp3) is 0.396. The maximum atomic E-state index is 13.9. The Morgan fingerprint density at radius 2 is 0.844 bits per heavy atom. The maximum absolute atomic E-state index is 13.9. The molecule has 0 aliphatic rings. The number of phenols is 2. The lowest BCUT2D eigenvalue weighted by atomic mass is 10.1. The lowest BCUT2D eigenvalue weighted by Crippen LogP contribution is -2.44. The average molecular weight is 1070 g/mol. The standard InChI is InChI=1S/C53H73N13O11/c1-77-45-22-19-35(30-38(45)46(59)69)63-53(76)42(16-5-9-26-57)66-49(72)37-29-34(18-21-44(37)68)62-52(75)41(15-4-8-25-56)65-48(71)36-28-33(17-20-43(36)67)61-51(74)40(14-3-7-24-55)64-47(70)31-11-10-12-32(27-31)60-50(73)39(58)13-2-6-23-54/h10-12,17-22,27-30,39-42,67-68H,2-9,13-16,23-26,54-58H2,1H3,(H2,59,69)(H,60,73)(H,61,74)(H,62,75)(H,63,76)(H,64,70)(H,65,71)(H,66,72)/t39-,40-,41-,42-/m0/s1. The summed E-state index contributed by atoms with van der Waals surface area (Å²) in [4.78, 5) is 107. The van der Waals surface area contributed by atoms with Crippen LogP contribution in [0.3, 0.4) is 0 Å². The normalized spacial score (nSPS) is 12.4. The first-order chi connectivity index (χ1) is 36.9. The van der Waals surface area contributed by atoms with E-state index in [2.05, 4.69) is 37.2 Å². The first-order valence-corrected chi connectivity index (χ1v) is 25.4. The zero-order chi connectivity index (χ0) is 56.4. The second kappa shape index (κ2) is 31.7. The molecule has 0 aliphatic carbocycles. The second-order valence-corrected chi connectivity index (χ2v) is 18.1. The van der Waals surface area contributed by atoms with Gasteiger partial charge in [0.2, 0.25) is 23.6 Å². The number of carbonyl (C=O) groups excluding carboxylic acids is 8. The van der Waals surface area contributed by atoms with Crippen LogP contribution in [0.25, 0.3) is 0 Å². The van der Waals surface area contributed by atoms with Gasteiger partial charge in [0.1, 0.15) is 35.4 Å². The van der Waals surface area contributed by atoms with Crippen LogP contribution in [0.1, 0.15) is 118 Å². The summed E-state index contributed by atoms with van der Waals surface area (Å²) < 4.78 is 5.17. The summed E-state index contributed by atoms with van der Waals surface area (Å²) in [5.41, 5.74) is 34.4. The van der Waals surface area contributed by atoms with Crippen LogP contribution < -0.4 is 76.4 Å². The van der Waals surface area contributed by atoms with Crippen molar-refractivity contribution in [3.63, 3.8) is 0 Å². The van der Waals surface area contributed by atoms with Crippen LogP contribution in [-0.2, 0) is 19.2 Å². The van der Waals surface area contributed by atoms with Crippen molar-refractivity contribution in [3.05, 3.63) is 101 Å². The van der Waals surface area contributed by atoms with Gasteiger partial charge < -0.3 is 86.6 Å². The number of unbranched alkanes of at least 4 members (excludes halogenated alkanes) is 4. The number of phenolic OH excluding ortho intramolecular Hbond substituents is 2. The molecule has 0 spiro atoms. The summed E-state index contributed by atoms with van der Waals surface area (Å²) >= 11 is 0. The Balaban J connectivity index is 1.49. The van der Waals surface area contributed by atoms with Crippen molar-refractivity contribution in [1.29, 1.82) is 0 Å². The van der Waals surface area contributed by atoms with E-state index in [9.17, 15) is 48.6 Å². The number of anilines is 4. The predicted octanol–water partition coefficient (Wildman–Crippen LogP) is 2.20. The highest BCUT2D eigenvalue weighted by Gasteiger charge is 2.28. The van der Waals surface area contributed by atoms with Crippen LogP contribution in [0.15, 0.2) is 78.9 Å². The van der Waals surface area contributed by atoms with Crippen LogP contribution in [0, 0.1) is 0 Å². The first kappa shape index (κ1) is 61.4. The highest BCUT2D eigenvalue weighted by atomic mass is 16.5. The van der Waals surface area contributed by atoms with Gasteiger partial charge in [-0.05, 0) is 170 Å². The Hall–Kier alpha value is -8.16. The van der Waals surface area contributed by atoms with Crippen molar-refractivity contribution in [2.24, 2.45) is 34.4 Å². The quantitative estimate of drug-likeness (QED) is 0.0246. The third-order valence-electron chi connectivity index (χ3n) is 12.2. The minimum absolute atomic E-state index is 0.0125. The summed E-state index contributed by atoms with van der Waals surface area (Å²) in [6.07, 6.45) is 5.07. The Labute approximate surface area is 446 Å². The van der Waals surface area contributed by atoms with Crippen LogP contribution in [0.4, 0.5) is 22.7 Å². The summed E-state index contributed by atoms with van der Waals surface area (Å²) in [5, 5.41) is 40.4. The molecule has 416 valence electrons. The number of nitrogens with one attached hydrogen (secondary N) is 7. The van der Waals surface area contributed by atoms with Gasteiger partial charge in [0, 0.05) is 28.3 Å². The molecule has 21 N–H and O–H groups in total. The average Bonchev–Trinajstić information content (AvgIpc) is 3.41. The summed E-state index contributed by atoms with van der Waals surface area (Å²) in [6.45, 7) is 1.42. The highest BCUT2D eigenvalue weighted by molar-refractivity contribution is 6.07. The molecule has 0 radical (unpaired) electrons. The Morgan fingerprint density at radius 1 is 0.468 bits per heavy atom. The van der Waals surface area contributed by atoms with Crippen LogP contribution in [0.5, 0.6) is 17.2 Å². The number of hydrogen-bond donors (Lipinski definition) is 15. The van der Waals surface area contributed by atoms with Gasteiger partial charge in [0.25, 0.3) is 23.6 Å². The minimum Gasteiger partial charge on any atom is -0.507 e. The Kier molecular flexibility index (Phi) is 25.2. The van der Waals surface area contributed by atoms with Crippen molar-refractivity contribution in [2.75, 3.05) is 54.6 Å². The minimum atomic E-state index is -1.24. The molecule has 77 heavy (non-hydrogen) atoms. The van der Waals surface area contributed by atoms with Gasteiger partial charge in [-0.25, -0.2) is 0 Å². The monoisotopic (exact) mass is 1070 g/mol. The molecule has 0 saturated heterocycles. The van der Waals surface area contributed by atoms with E-state index in [0.717, 1.165) is 12.5 Å². The second-order valence-electron chi connectivity index (χ2n) is 18.1. The zero-order valence-corrected chi connectivity index (χ0v) is 43.2. The van der Waals surface area contributed by atoms with Crippen molar-refractivity contribution in [1.82, 2.24) is 16.0 Å². The number of nitrogens with two attached hydrogens (primary N) is 6. The fourth-order valence-corrected chi connectivity index (χ4v) is 7.87. The van der Waals surface area contributed by atoms with E-state index in [1.807, 2.05) is 0 Å². The van der Waals surface area contributed by atoms with Crippen molar-refractivity contribution in [3.8, 4) is 17.2 Å². The lowest BCUT2D eigenvalue weighted by molar-refractivity contribution is -0.118. The van der Waals surface area contributed by atoms with Gasteiger partial charge >= 0.3 is 0 Å². The van der Waals surface area contributed by atoms with Gasteiger partial charge in [-0.2, -0.15) is 0 Å². The number of hydrogen-bond acceptors (Lipinski definition) is 16. The van der Waals surface area contributed by atoms with Crippen molar-refractivity contribution in [2.45, 2.75) is 101 Å². The molecule has 4 atom stereocenters. The van der Waals surface area contributed by atoms with E-state index < -0.39 is 82.9 Å². The molecule has 4 aromatic carbocycles. The van der Waals surface area contributed by atoms with Gasteiger partial charge in [0.15, 0.2) is 0 Å². The Bertz CT molecular complexity index is 2690. The molecule has 0 aromatic heterocycles. The molecule has 8 amide bonds. The summed E-state index contributed by atoms with van der Waals surface area (Å²) in [5.74, 6) is -6.43. The van der Waals surface area contributed by atoms with E-state index in [0.29, 0.717) is 76.7 Å². The molecule has 0 unspecified atom stereocenters. The SMILES string of the molecule is COc1ccc(NC(=O)[C@H](CCCCN)NC(=O)c2cc(NC(=O)[C@H](CCCCN)NC(=O)c3cc(NC(=O)[C@H](CCCCN)NC(=O)c4cccc(NC(=O)[C@@H](N)CCCCN)c4)ccc3O)ccc2O)cc1C(N)=O. The molecule has 4 aromatic rings. The number of carbonyl (C=O) groups is 8. The Morgan fingerprint density at radius 3 is 1.26 bits per heavy atom. The third kappa shape index (κ3) is 19.5. The van der Waals surface area contributed by atoms with Crippen molar-refractivity contribution >= 4 is 70.0 Å². The van der Waals surface area contributed by atoms with Gasteiger partial charge in [-0.1, -0.05) is 12.5 Å². The summed E-state index contributed by atoms with van der Waals surface area (Å²) in [7, 11) is 1.35. The third-order valence-corrected chi connectivity index (χ3v) is 12.2. The number of rotatable bonds is 32. The highest BCUT2D eigenvalue weighted by Crippen LogP contribution is 2.26. The van der Waals surface area contributed by atoms with Crippen molar-refractivity contribution < 1.29 is 53.3 Å². The number of ether oxygens (including phenoxy) is 1. The molecule has 24 nitrogen and oxygen atoms in total. The van der Waals surface area contributed by atoms with E-state index in [1.54, 1.807) is 12.1 Å². The topological polar surface area (TPSA) is 427 Å². The molecule has 4 rings (SSSR count). The molecule has 0 heterocycles. The summed E-state index contributed by atoms with van der Waals surface area (Å²) in [6, 6.07) is 13.5. The number of amides is 8. The van der Waals surface area contributed by atoms with E-state index in [4.69, 9.17) is 39.1 Å². The van der Waals surface area contributed by atoms with Gasteiger partial charge in [0.05, 0.1) is 29.8 Å². The number of methoxy groups -OCH3 is 1. The van der Waals surface area contributed by atoms with Gasteiger partial charge in [-0.15, -0.1) is 0 Å². The van der Waals surface area contributed by atoms with Crippen LogP contribution in [0.2, 0.25) is 0 Å². The molecule has 0 fully saturated rings. The molecule has 0 saturated carbocycles. The molecule has 24 heteroatoms. The smallest absolute Gasteiger partial charge is 0.255 e. The van der Waals surface area contributed by atoms with E-state index in [-0.39, 0.29) is 70.9 Å². The predicted molar refractivity (Wildman–Crippen MR) is 292 cm³/mol. The molecule has 0 bridgehead atoms. The van der Waals surface area contributed by atoms with Gasteiger partial charge in [-0.3, -0.25) is 38.4 Å². The molecule has 0 aliphatic heterocycles. The van der Waals surface area contributed by atoms with Crippen LogP contribution in [-0.4, -0.2) is 115 Å². The zero-order valence-electron chi connectivity index (χ0n) is 43.2. The number of aromatic hydroxyl groups is 2. The van der Waals surface area contributed by atoms with E-state index in [1.165, 1.54) is 67.8 Å². The first-order valence-electron chi connectivity index (χ1n) is 25.4. The largest absolute Gasteiger partial charge is 0.507 e. The lowest BCUT2D eigenvalue weighted by Gasteiger charge is -2.21. The van der Waals surface area contributed by atoms with Crippen LogP contribution >= 0.6 is 0 Å². The van der Waals surface area contributed by atoms with E-state index >= 15 is 0 Å². The maximum Gasteiger partial charge on any atom is 0.255 e. The number of benzene rings is 4. The fourth-order valence-electron chi connectivity index (χ4n) is 7.87. The molecular weight excluding hydrogens is 995 g/mol. The number of primary amides is 1. The molecular formula is C53H73N13O11.